The van der Waals surface area contributed by atoms with Gasteiger partial charge in [0.1, 0.15) is 5.82 Å². The maximum absolute atomic E-state index is 12.6. The summed E-state index contributed by atoms with van der Waals surface area (Å²) in [7, 11) is 0. The molecule has 0 bridgehead atoms. The number of amides is 1. The minimum Gasteiger partial charge on any atom is -0.382 e. The summed E-state index contributed by atoms with van der Waals surface area (Å²) in [6.07, 6.45) is 11.1. The van der Waals surface area contributed by atoms with E-state index in [9.17, 15) is 4.79 Å². The minimum atomic E-state index is 0.282. The topological polar surface area (TPSA) is 64.2 Å². The number of carbonyl (C=O) groups is 1. The van der Waals surface area contributed by atoms with Crippen molar-refractivity contribution < 1.29 is 4.79 Å². The highest BCUT2D eigenvalue weighted by atomic mass is 16.2. The molecule has 2 fully saturated rings. The van der Waals surface area contributed by atoms with Crippen LogP contribution in [0.1, 0.15) is 57.4 Å². The van der Waals surface area contributed by atoms with E-state index in [1.807, 2.05) is 16.9 Å². The predicted molar refractivity (Wildman–Crippen MR) is 82.7 cm³/mol. The van der Waals surface area contributed by atoms with Gasteiger partial charge in [-0.25, -0.2) is 0 Å². The Hall–Kier alpha value is -1.52. The van der Waals surface area contributed by atoms with Crippen molar-refractivity contribution in [1.29, 1.82) is 0 Å². The van der Waals surface area contributed by atoms with Crippen molar-refractivity contribution in [3.05, 3.63) is 12.3 Å². The highest BCUT2D eigenvalue weighted by molar-refractivity contribution is 5.78. The van der Waals surface area contributed by atoms with Gasteiger partial charge in [-0.1, -0.05) is 25.7 Å². The van der Waals surface area contributed by atoms with E-state index in [2.05, 4.69) is 10.00 Å². The van der Waals surface area contributed by atoms with Gasteiger partial charge in [-0.2, -0.15) is 5.10 Å². The van der Waals surface area contributed by atoms with Gasteiger partial charge in [-0.15, -0.1) is 0 Å². The number of hydrogen-bond donors (Lipinski definition) is 1. The maximum atomic E-state index is 12.6. The number of nitrogens with two attached hydrogens (primary N) is 1. The zero-order chi connectivity index (χ0) is 14.7. The van der Waals surface area contributed by atoms with Gasteiger partial charge in [0.25, 0.3) is 0 Å². The van der Waals surface area contributed by atoms with E-state index in [0.717, 1.165) is 38.8 Å². The normalized spacial score (nSPS) is 22.2. The third kappa shape index (κ3) is 3.39. The van der Waals surface area contributed by atoms with Crippen LogP contribution in [0.5, 0.6) is 0 Å². The van der Waals surface area contributed by atoms with Crippen LogP contribution in [0.3, 0.4) is 0 Å². The molecule has 0 spiro atoms. The highest BCUT2D eigenvalue weighted by Gasteiger charge is 2.29. The number of likely N-dealkylation sites (tertiary alicyclic amines) is 1. The maximum Gasteiger partial charge on any atom is 0.225 e. The smallest absolute Gasteiger partial charge is 0.225 e. The van der Waals surface area contributed by atoms with Gasteiger partial charge in [0.15, 0.2) is 0 Å². The molecule has 0 unspecified atom stereocenters. The lowest BCUT2D eigenvalue weighted by Crippen LogP contribution is -2.42. The highest BCUT2D eigenvalue weighted by Crippen LogP contribution is 2.28. The Morgan fingerprint density at radius 3 is 2.33 bits per heavy atom. The molecule has 1 aromatic rings. The van der Waals surface area contributed by atoms with Gasteiger partial charge in [0.2, 0.25) is 5.91 Å². The number of hydrogen-bond acceptors (Lipinski definition) is 3. The Labute approximate surface area is 126 Å². The lowest BCUT2D eigenvalue weighted by Gasteiger charge is -2.34. The van der Waals surface area contributed by atoms with Crippen molar-refractivity contribution in [3.63, 3.8) is 0 Å². The molecule has 5 nitrogen and oxygen atoms in total. The third-order valence-corrected chi connectivity index (χ3v) is 4.98. The van der Waals surface area contributed by atoms with Gasteiger partial charge in [0, 0.05) is 25.2 Å². The first-order valence-electron chi connectivity index (χ1n) is 8.33. The predicted octanol–water partition coefficient (Wildman–Crippen LogP) is 2.60. The molecule has 1 saturated carbocycles. The molecule has 1 aromatic heterocycles. The number of rotatable bonds is 2. The van der Waals surface area contributed by atoms with Crippen molar-refractivity contribution in [2.75, 3.05) is 18.8 Å². The SMILES string of the molecule is Nc1ccn(C2CCN(C(=O)C3CCCCCC3)CC2)n1. The van der Waals surface area contributed by atoms with Gasteiger partial charge in [0.05, 0.1) is 6.04 Å². The van der Waals surface area contributed by atoms with E-state index in [1.165, 1.54) is 25.7 Å². The summed E-state index contributed by atoms with van der Waals surface area (Å²) < 4.78 is 1.96. The molecule has 116 valence electrons. The summed E-state index contributed by atoms with van der Waals surface area (Å²) >= 11 is 0. The van der Waals surface area contributed by atoms with Crippen LogP contribution in [0.25, 0.3) is 0 Å². The van der Waals surface area contributed by atoms with E-state index in [1.54, 1.807) is 0 Å². The number of nitrogens with zero attached hydrogens (tertiary/aromatic N) is 3. The summed E-state index contributed by atoms with van der Waals surface area (Å²) in [5, 5.41) is 4.30. The molecule has 2 aliphatic rings. The minimum absolute atomic E-state index is 0.282. The second-order valence-electron chi connectivity index (χ2n) is 6.47. The van der Waals surface area contributed by atoms with Crippen LogP contribution in [0.15, 0.2) is 12.3 Å². The lowest BCUT2D eigenvalue weighted by molar-refractivity contribution is -0.137. The Morgan fingerprint density at radius 1 is 1.10 bits per heavy atom. The third-order valence-electron chi connectivity index (χ3n) is 4.98. The Balaban J connectivity index is 1.54. The number of aromatic nitrogens is 2. The molecule has 0 radical (unpaired) electrons. The summed E-state index contributed by atoms with van der Waals surface area (Å²) in [4.78, 5) is 14.7. The van der Waals surface area contributed by atoms with Crippen molar-refractivity contribution >= 4 is 11.7 Å². The van der Waals surface area contributed by atoms with Crippen LogP contribution in [0, 0.1) is 5.92 Å². The number of nitrogen functional groups attached to an aromatic ring is 1. The molecule has 1 aliphatic heterocycles. The van der Waals surface area contributed by atoms with Crippen molar-refractivity contribution in [3.8, 4) is 0 Å². The first kappa shape index (κ1) is 14.4. The fourth-order valence-corrected chi connectivity index (χ4v) is 3.69. The first-order chi connectivity index (χ1) is 10.2. The largest absolute Gasteiger partial charge is 0.382 e. The van der Waals surface area contributed by atoms with Crippen molar-refractivity contribution in [2.24, 2.45) is 5.92 Å². The second-order valence-corrected chi connectivity index (χ2v) is 6.47. The second kappa shape index (κ2) is 6.50. The molecule has 2 heterocycles. The molecule has 1 saturated heterocycles. The standard InChI is InChI=1S/C16H26N4O/c17-15-9-12-20(18-15)14-7-10-19(11-8-14)16(21)13-5-3-1-2-4-6-13/h9,12-14H,1-8,10-11H2,(H2,17,18). The first-order valence-corrected chi connectivity index (χ1v) is 8.33. The lowest BCUT2D eigenvalue weighted by atomic mass is 9.96. The van der Waals surface area contributed by atoms with Gasteiger partial charge in [-0.05, 0) is 31.7 Å². The molecular weight excluding hydrogens is 264 g/mol. The van der Waals surface area contributed by atoms with Crippen molar-refractivity contribution in [2.45, 2.75) is 57.4 Å². The molecule has 5 heteroatoms. The molecular formula is C16H26N4O. The fraction of sp³-hybridized carbons (Fsp3) is 0.750. The summed E-state index contributed by atoms with van der Waals surface area (Å²) in [6, 6.07) is 2.23. The van der Waals surface area contributed by atoms with E-state index in [-0.39, 0.29) is 5.92 Å². The average Bonchev–Trinajstić information content (AvgIpc) is 2.77. The Bertz CT molecular complexity index is 468. The molecule has 21 heavy (non-hydrogen) atoms. The van der Waals surface area contributed by atoms with Gasteiger partial charge >= 0.3 is 0 Å². The monoisotopic (exact) mass is 290 g/mol. The quantitative estimate of drug-likeness (QED) is 0.851. The van der Waals surface area contributed by atoms with Crippen LogP contribution in [0.4, 0.5) is 5.82 Å². The zero-order valence-corrected chi connectivity index (χ0v) is 12.7. The van der Waals surface area contributed by atoms with E-state index in [4.69, 9.17) is 5.73 Å². The van der Waals surface area contributed by atoms with E-state index in [0.29, 0.717) is 17.8 Å². The molecule has 3 rings (SSSR count). The zero-order valence-electron chi connectivity index (χ0n) is 12.7. The number of piperidine rings is 1. The number of carbonyl (C=O) groups excluding carboxylic acids is 1. The molecule has 0 atom stereocenters. The summed E-state index contributed by atoms with van der Waals surface area (Å²) in [5.74, 6) is 1.26. The van der Waals surface area contributed by atoms with Crippen LogP contribution < -0.4 is 5.73 Å². The average molecular weight is 290 g/mol. The Kier molecular flexibility index (Phi) is 4.46. The molecule has 1 aliphatic carbocycles. The summed E-state index contributed by atoms with van der Waals surface area (Å²) in [6.45, 7) is 1.72. The Morgan fingerprint density at radius 2 is 1.76 bits per heavy atom. The number of anilines is 1. The van der Waals surface area contributed by atoms with Crippen LogP contribution in [-0.4, -0.2) is 33.7 Å². The molecule has 1 amide bonds. The van der Waals surface area contributed by atoms with Gasteiger partial charge in [-0.3, -0.25) is 9.48 Å². The molecule has 0 aromatic carbocycles. The van der Waals surface area contributed by atoms with E-state index < -0.39 is 0 Å². The van der Waals surface area contributed by atoms with Crippen molar-refractivity contribution in [1.82, 2.24) is 14.7 Å². The summed E-state index contributed by atoms with van der Waals surface area (Å²) in [5.41, 5.74) is 5.68. The van der Waals surface area contributed by atoms with Crippen LogP contribution in [0.2, 0.25) is 0 Å². The van der Waals surface area contributed by atoms with E-state index >= 15 is 0 Å². The fourth-order valence-electron chi connectivity index (χ4n) is 3.69. The van der Waals surface area contributed by atoms with Crippen LogP contribution in [-0.2, 0) is 4.79 Å². The van der Waals surface area contributed by atoms with Gasteiger partial charge < -0.3 is 10.6 Å². The molecule has 2 N–H and O–H groups in total. The van der Waals surface area contributed by atoms with Crippen LogP contribution >= 0.6 is 0 Å².